The first kappa shape index (κ1) is 26.0. The van der Waals surface area contributed by atoms with Crippen LogP contribution >= 0.6 is 22.7 Å². The summed E-state index contributed by atoms with van der Waals surface area (Å²) in [6, 6.07) is 55.9. The lowest BCUT2D eigenvalue weighted by atomic mass is 9.84. The summed E-state index contributed by atoms with van der Waals surface area (Å²) in [6.07, 6.45) is 0. The van der Waals surface area contributed by atoms with E-state index in [1.165, 1.54) is 96.0 Å². The van der Waals surface area contributed by atoms with Gasteiger partial charge < -0.3 is 0 Å². The van der Waals surface area contributed by atoms with Gasteiger partial charge in [0, 0.05) is 41.4 Å². The standard InChI is InChI=1S/C44H26S2/c1-2-12-28(13-3-1)38-26-45-39-25-24-36-35-22-11-23-37(43(35)46-44(36)42(38)39)41-33-19-8-6-17-31(33)40(32-18-7-9-20-34(32)41)30-21-10-15-27-14-4-5-16-29(27)30/h1-26H. The maximum atomic E-state index is 2.34. The summed E-state index contributed by atoms with van der Waals surface area (Å²) < 4.78 is 4.07. The number of benzene rings is 8. The zero-order valence-electron chi connectivity index (χ0n) is 24.8. The Balaban J connectivity index is 1.33. The van der Waals surface area contributed by atoms with Crippen molar-refractivity contribution in [1.29, 1.82) is 0 Å². The summed E-state index contributed by atoms with van der Waals surface area (Å²) in [5.41, 5.74) is 7.82. The SMILES string of the molecule is c1ccc(-c2csc3ccc4c5cccc(-c6c7ccccc7c(-c7cccc8ccccc78)c7ccccc67)c5sc4c23)cc1. The van der Waals surface area contributed by atoms with Crippen LogP contribution in [0.15, 0.2) is 157 Å². The van der Waals surface area contributed by atoms with Gasteiger partial charge in [-0.1, -0.05) is 146 Å². The van der Waals surface area contributed by atoms with Crippen molar-refractivity contribution in [2.45, 2.75) is 0 Å². The fraction of sp³-hybridized carbons (Fsp3) is 0. The summed E-state index contributed by atoms with van der Waals surface area (Å²) in [4.78, 5) is 0. The molecular weight excluding hydrogens is 593 g/mol. The Labute approximate surface area is 274 Å². The highest BCUT2D eigenvalue weighted by Gasteiger charge is 2.21. The van der Waals surface area contributed by atoms with E-state index in [1.54, 1.807) is 0 Å². The number of hydrogen-bond acceptors (Lipinski definition) is 2. The minimum Gasteiger partial charge on any atom is -0.143 e. The normalized spacial score (nSPS) is 11.9. The van der Waals surface area contributed by atoms with Gasteiger partial charge in [-0.05, 0) is 66.0 Å². The van der Waals surface area contributed by atoms with Crippen LogP contribution in [-0.4, -0.2) is 0 Å². The molecule has 2 aromatic heterocycles. The first-order valence-corrected chi connectivity index (χ1v) is 17.4. The highest BCUT2D eigenvalue weighted by molar-refractivity contribution is 7.28. The van der Waals surface area contributed by atoms with Crippen molar-refractivity contribution in [2.24, 2.45) is 0 Å². The van der Waals surface area contributed by atoms with E-state index in [2.05, 4.69) is 157 Å². The highest BCUT2D eigenvalue weighted by Crippen LogP contribution is 2.50. The molecule has 0 aliphatic heterocycles. The van der Waals surface area contributed by atoms with Crippen LogP contribution in [0.1, 0.15) is 0 Å². The van der Waals surface area contributed by atoms with E-state index in [-0.39, 0.29) is 0 Å². The molecule has 0 fully saturated rings. The van der Waals surface area contributed by atoms with Gasteiger partial charge in [0.25, 0.3) is 0 Å². The average molecular weight is 619 g/mol. The molecule has 0 aliphatic carbocycles. The molecule has 2 heterocycles. The predicted molar refractivity (Wildman–Crippen MR) is 204 cm³/mol. The molecule has 0 N–H and O–H groups in total. The van der Waals surface area contributed by atoms with E-state index in [0.29, 0.717) is 0 Å². The number of hydrogen-bond donors (Lipinski definition) is 0. The monoisotopic (exact) mass is 618 g/mol. The van der Waals surface area contributed by atoms with E-state index in [0.717, 1.165) is 0 Å². The molecule has 0 spiro atoms. The quantitative estimate of drug-likeness (QED) is 0.173. The number of rotatable bonds is 3. The lowest BCUT2D eigenvalue weighted by Gasteiger charge is -2.19. The Bertz CT molecular complexity index is 2740. The van der Waals surface area contributed by atoms with Gasteiger partial charge in [0.2, 0.25) is 0 Å². The van der Waals surface area contributed by atoms with Crippen LogP contribution in [0, 0.1) is 0 Å². The fourth-order valence-electron chi connectivity index (χ4n) is 7.56. The largest absolute Gasteiger partial charge is 0.143 e. The van der Waals surface area contributed by atoms with Crippen molar-refractivity contribution in [3.05, 3.63) is 157 Å². The van der Waals surface area contributed by atoms with Crippen molar-refractivity contribution < 1.29 is 0 Å². The molecule has 2 heteroatoms. The van der Waals surface area contributed by atoms with Crippen molar-refractivity contribution >= 4 is 85.2 Å². The molecular formula is C44H26S2. The molecule has 0 atom stereocenters. The maximum Gasteiger partial charge on any atom is 0.0448 e. The third-order valence-electron chi connectivity index (χ3n) is 9.55. The third-order valence-corrected chi connectivity index (χ3v) is 11.8. The summed E-state index contributed by atoms with van der Waals surface area (Å²) in [5.74, 6) is 0. The summed E-state index contributed by atoms with van der Waals surface area (Å²) in [7, 11) is 0. The van der Waals surface area contributed by atoms with Crippen molar-refractivity contribution in [3.8, 4) is 33.4 Å². The third kappa shape index (κ3) is 3.72. The van der Waals surface area contributed by atoms with Crippen LogP contribution in [0.5, 0.6) is 0 Å². The van der Waals surface area contributed by atoms with E-state index in [1.807, 2.05) is 22.7 Å². The molecule has 0 unspecified atom stereocenters. The minimum atomic E-state index is 1.27. The molecule has 46 heavy (non-hydrogen) atoms. The zero-order valence-corrected chi connectivity index (χ0v) is 26.5. The van der Waals surface area contributed by atoms with Crippen molar-refractivity contribution in [3.63, 3.8) is 0 Å². The molecule has 0 saturated carbocycles. The summed E-state index contributed by atoms with van der Waals surface area (Å²) in [5, 5.41) is 14.1. The average Bonchev–Trinajstić information content (AvgIpc) is 3.73. The molecule has 0 bridgehead atoms. The van der Waals surface area contributed by atoms with Crippen LogP contribution < -0.4 is 0 Å². The number of fused-ring (bicyclic) bond motifs is 8. The second-order valence-corrected chi connectivity index (χ2v) is 13.9. The van der Waals surface area contributed by atoms with Gasteiger partial charge >= 0.3 is 0 Å². The van der Waals surface area contributed by atoms with Crippen molar-refractivity contribution in [2.75, 3.05) is 0 Å². The first-order chi connectivity index (χ1) is 22.8. The second-order valence-electron chi connectivity index (χ2n) is 12.0. The Kier molecular flexibility index (Phi) is 5.72. The van der Waals surface area contributed by atoms with Gasteiger partial charge in [-0.3, -0.25) is 0 Å². The van der Waals surface area contributed by atoms with Gasteiger partial charge in [0.1, 0.15) is 0 Å². The Morgan fingerprint density at radius 1 is 0.348 bits per heavy atom. The van der Waals surface area contributed by atoms with E-state index >= 15 is 0 Å². The minimum absolute atomic E-state index is 1.27. The maximum absolute atomic E-state index is 2.34. The topological polar surface area (TPSA) is 0 Å². The van der Waals surface area contributed by atoms with Gasteiger partial charge in [-0.2, -0.15) is 0 Å². The van der Waals surface area contributed by atoms with Crippen LogP contribution in [0.2, 0.25) is 0 Å². The summed E-state index contributed by atoms with van der Waals surface area (Å²) >= 11 is 3.80. The molecule has 0 amide bonds. The van der Waals surface area contributed by atoms with Crippen LogP contribution in [0.4, 0.5) is 0 Å². The lowest BCUT2D eigenvalue weighted by Crippen LogP contribution is -1.91. The summed E-state index contributed by atoms with van der Waals surface area (Å²) in [6.45, 7) is 0. The van der Waals surface area contributed by atoms with E-state index in [9.17, 15) is 0 Å². The highest BCUT2D eigenvalue weighted by atomic mass is 32.1. The second kappa shape index (κ2) is 10.1. The molecule has 0 radical (unpaired) electrons. The zero-order chi connectivity index (χ0) is 30.2. The molecule has 8 aromatic carbocycles. The Morgan fingerprint density at radius 2 is 0.891 bits per heavy atom. The van der Waals surface area contributed by atoms with E-state index < -0.39 is 0 Å². The molecule has 0 nitrogen and oxygen atoms in total. The van der Waals surface area contributed by atoms with Gasteiger partial charge in [0.15, 0.2) is 0 Å². The smallest absolute Gasteiger partial charge is 0.0448 e. The molecule has 214 valence electrons. The first-order valence-electron chi connectivity index (χ1n) is 15.7. The van der Waals surface area contributed by atoms with Gasteiger partial charge in [0.05, 0.1) is 0 Å². The van der Waals surface area contributed by atoms with E-state index in [4.69, 9.17) is 0 Å². The molecule has 0 aliphatic rings. The van der Waals surface area contributed by atoms with Crippen LogP contribution in [-0.2, 0) is 0 Å². The van der Waals surface area contributed by atoms with Gasteiger partial charge in [-0.15, -0.1) is 22.7 Å². The molecule has 0 saturated heterocycles. The Morgan fingerprint density at radius 3 is 1.63 bits per heavy atom. The van der Waals surface area contributed by atoms with Crippen molar-refractivity contribution in [1.82, 2.24) is 0 Å². The molecule has 10 aromatic rings. The Hall–Kier alpha value is -5.28. The molecule has 10 rings (SSSR count). The predicted octanol–water partition coefficient (Wildman–Crippen LogP) is 13.7. The fourth-order valence-corrected chi connectivity index (χ4v) is 9.98. The van der Waals surface area contributed by atoms with Crippen LogP contribution in [0.3, 0.4) is 0 Å². The lowest BCUT2D eigenvalue weighted by molar-refractivity contribution is 1.69. The number of thiophene rings is 2. The van der Waals surface area contributed by atoms with Gasteiger partial charge in [-0.25, -0.2) is 0 Å². The van der Waals surface area contributed by atoms with Crippen LogP contribution in [0.25, 0.3) is 96.0 Å².